The van der Waals surface area contributed by atoms with Gasteiger partial charge in [-0.25, -0.2) is 22.4 Å². The molecule has 1 aromatic heterocycles. The minimum Gasteiger partial charge on any atom is -0.340 e. The van der Waals surface area contributed by atoms with E-state index in [0.717, 1.165) is 27.3 Å². The van der Waals surface area contributed by atoms with Crippen molar-refractivity contribution in [1.82, 2.24) is 14.8 Å². The maximum atomic E-state index is 13.5. The van der Waals surface area contributed by atoms with Crippen LogP contribution < -0.4 is 8.61 Å². The number of halogens is 3. The Morgan fingerprint density at radius 2 is 1.86 bits per heavy atom. The van der Waals surface area contributed by atoms with E-state index in [4.69, 9.17) is 11.6 Å². The number of pyridine rings is 1. The number of alkyl halides is 2. The minimum atomic E-state index is -3.97. The van der Waals surface area contributed by atoms with Gasteiger partial charge in [-0.3, -0.25) is 9.69 Å². The second-order valence-electron chi connectivity index (χ2n) is 9.30. The zero-order valence-corrected chi connectivity index (χ0v) is 21.0. The molecule has 0 bridgehead atoms. The van der Waals surface area contributed by atoms with E-state index in [1.807, 2.05) is 17.0 Å². The maximum Gasteiger partial charge on any atom is 0.327 e. The number of benzene rings is 1. The minimum absolute atomic E-state index is 0.0810. The molecule has 5 rings (SSSR count). The Labute approximate surface area is 208 Å². The quantitative estimate of drug-likeness (QED) is 0.599. The number of fused-ring (bicyclic) bond motifs is 1. The molecule has 2 fully saturated rings. The van der Waals surface area contributed by atoms with E-state index in [1.165, 1.54) is 7.05 Å². The highest BCUT2D eigenvalue weighted by Crippen LogP contribution is 2.51. The fourth-order valence-corrected chi connectivity index (χ4v) is 6.23. The Bertz CT molecular complexity index is 1280. The number of carbonyl (C=O) groups is 1. The molecule has 35 heavy (non-hydrogen) atoms. The standard InChI is InChI=1S/C23H26ClF2N5O3S/c1-15(32)30-9-7-29(8-10-30)13-16-3-4-19(24)18(11-16)20-5-6-21-22(27-20)28(2)35(33,34)31(21)14-17-12-23(17,25)26/h3-6,11,17H,7-10,12-14H2,1-2H3. The molecule has 1 saturated heterocycles. The lowest BCUT2D eigenvalue weighted by Gasteiger charge is -2.34. The van der Waals surface area contributed by atoms with E-state index in [0.29, 0.717) is 35.9 Å². The number of piperazine rings is 1. The molecule has 0 radical (unpaired) electrons. The summed E-state index contributed by atoms with van der Waals surface area (Å²) in [4.78, 5) is 20.2. The predicted molar refractivity (Wildman–Crippen MR) is 130 cm³/mol. The van der Waals surface area contributed by atoms with Crippen LogP contribution in [0.4, 0.5) is 20.3 Å². The second kappa shape index (κ2) is 8.56. The number of carbonyl (C=O) groups excluding carboxylic acids is 1. The van der Waals surface area contributed by atoms with E-state index in [-0.39, 0.29) is 30.4 Å². The number of hydrogen-bond donors (Lipinski definition) is 0. The van der Waals surface area contributed by atoms with Gasteiger partial charge in [-0.15, -0.1) is 0 Å². The van der Waals surface area contributed by atoms with Gasteiger partial charge in [0.25, 0.3) is 5.92 Å². The zero-order valence-electron chi connectivity index (χ0n) is 19.4. The van der Waals surface area contributed by atoms with Gasteiger partial charge in [-0.05, 0) is 29.8 Å². The van der Waals surface area contributed by atoms with E-state index >= 15 is 0 Å². The topological polar surface area (TPSA) is 77.1 Å². The van der Waals surface area contributed by atoms with Crippen molar-refractivity contribution in [3.05, 3.63) is 40.9 Å². The first-order chi connectivity index (χ1) is 16.5. The lowest BCUT2D eigenvalue weighted by Crippen LogP contribution is -2.47. The van der Waals surface area contributed by atoms with Gasteiger partial charge in [0.2, 0.25) is 5.91 Å². The summed E-state index contributed by atoms with van der Waals surface area (Å²) in [6, 6.07) is 8.92. The molecule has 8 nitrogen and oxygen atoms in total. The largest absolute Gasteiger partial charge is 0.340 e. The summed E-state index contributed by atoms with van der Waals surface area (Å²) >= 11 is 6.48. The summed E-state index contributed by atoms with van der Waals surface area (Å²) in [5.74, 6) is -3.54. The molecule has 1 aliphatic carbocycles. The van der Waals surface area contributed by atoms with Crippen molar-refractivity contribution in [2.45, 2.75) is 25.8 Å². The molecule has 2 aromatic rings. The first kappa shape index (κ1) is 24.2. The number of nitrogens with zero attached hydrogens (tertiary/aromatic N) is 5. The summed E-state index contributed by atoms with van der Waals surface area (Å²) < 4.78 is 54.8. The SMILES string of the molecule is CC(=O)N1CCN(Cc2ccc(Cl)c(-c3ccc4c(n3)N(C)S(=O)(=O)N4CC3CC3(F)F)c2)CC1. The molecule has 1 aromatic carbocycles. The Morgan fingerprint density at radius 3 is 2.49 bits per heavy atom. The zero-order chi connectivity index (χ0) is 25.1. The summed E-state index contributed by atoms with van der Waals surface area (Å²) in [7, 11) is -2.60. The van der Waals surface area contributed by atoms with Gasteiger partial charge in [0.15, 0.2) is 5.82 Å². The lowest BCUT2D eigenvalue weighted by molar-refractivity contribution is -0.130. The molecule has 3 heterocycles. The van der Waals surface area contributed by atoms with Gasteiger partial charge in [0, 0.05) is 76.2 Å². The number of amides is 1. The lowest BCUT2D eigenvalue weighted by atomic mass is 10.1. The number of hydrogen-bond acceptors (Lipinski definition) is 5. The summed E-state index contributed by atoms with van der Waals surface area (Å²) in [6.07, 6.45) is -0.310. The van der Waals surface area contributed by atoms with E-state index in [2.05, 4.69) is 9.88 Å². The molecule has 1 amide bonds. The van der Waals surface area contributed by atoms with Crippen molar-refractivity contribution in [1.29, 1.82) is 0 Å². The number of anilines is 2. The maximum absolute atomic E-state index is 13.5. The van der Waals surface area contributed by atoms with E-state index in [1.54, 1.807) is 25.1 Å². The smallest absolute Gasteiger partial charge is 0.327 e. The number of rotatable bonds is 5. The highest BCUT2D eigenvalue weighted by atomic mass is 35.5. The molecule has 1 atom stereocenters. The van der Waals surface area contributed by atoms with Crippen LogP contribution in [0.15, 0.2) is 30.3 Å². The Morgan fingerprint density at radius 1 is 1.17 bits per heavy atom. The fourth-order valence-electron chi connectivity index (χ4n) is 4.61. The second-order valence-corrected chi connectivity index (χ2v) is 11.6. The van der Waals surface area contributed by atoms with E-state index in [9.17, 15) is 22.0 Å². The predicted octanol–water partition coefficient (Wildman–Crippen LogP) is 3.22. The number of aromatic nitrogens is 1. The first-order valence-electron chi connectivity index (χ1n) is 11.4. The van der Waals surface area contributed by atoms with Crippen molar-refractivity contribution in [3.8, 4) is 11.3 Å². The molecule has 2 aliphatic heterocycles. The normalized spacial score (nSPS) is 22.9. The monoisotopic (exact) mass is 525 g/mol. The molecule has 3 aliphatic rings. The first-order valence-corrected chi connectivity index (χ1v) is 13.2. The van der Waals surface area contributed by atoms with Crippen LogP contribution in [0, 0.1) is 5.92 Å². The highest BCUT2D eigenvalue weighted by molar-refractivity contribution is 7.94. The molecular formula is C23H26ClF2N5O3S. The van der Waals surface area contributed by atoms with Crippen molar-refractivity contribution < 1.29 is 22.0 Å². The van der Waals surface area contributed by atoms with Gasteiger partial charge in [0.1, 0.15) is 0 Å². The van der Waals surface area contributed by atoms with Gasteiger partial charge in [-0.1, -0.05) is 17.7 Å². The average Bonchev–Trinajstić information content (AvgIpc) is 3.38. The van der Waals surface area contributed by atoms with Crippen molar-refractivity contribution in [2.24, 2.45) is 5.92 Å². The van der Waals surface area contributed by atoms with E-state index < -0.39 is 22.0 Å². The van der Waals surface area contributed by atoms with Crippen LogP contribution in [0.1, 0.15) is 18.9 Å². The molecule has 12 heteroatoms. The molecule has 1 saturated carbocycles. The fraction of sp³-hybridized carbons (Fsp3) is 0.478. The third kappa shape index (κ3) is 4.45. The van der Waals surface area contributed by atoms with Crippen LogP contribution >= 0.6 is 11.6 Å². The third-order valence-corrected chi connectivity index (χ3v) is 9.02. The Kier molecular flexibility index (Phi) is 5.92. The average molecular weight is 526 g/mol. The van der Waals surface area contributed by atoms with Gasteiger partial charge in [0.05, 0.1) is 11.4 Å². The van der Waals surface area contributed by atoms with Gasteiger partial charge < -0.3 is 4.90 Å². The molecule has 0 N–H and O–H groups in total. The molecule has 0 spiro atoms. The van der Waals surface area contributed by atoms with Crippen molar-refractivity contribution >= 4 is 39.2 Å². The van der Waals surface area contributed by atoms with Crippen LogP contribution in [0.25, 0.3) is 11.3 Å². The van der Waals surface area contributed by atoms with Crippen molar-refractivity contribution in [2.75, 3.05) is 48.4 Å². The Balaban J connectivity index is 1.39. The Hall–Kier alpha value is -2.50. The molecule has 1 unspecified atom stereocenters. The van der Waals surface area contributed by atoms with Gasteiger partial charge in [-0.2, -0.15) is 8.42 Å². The summed E-state index contributed by atoms with van der Waals surface area (Å²) in [5, 5.41) is 0.473. The molecule has 188 valence electrons. The van der Waals surface area contributed by atoms with Crippen LogP contribution in [-0.2, 0) is 21.5 Å². The summed E-state index contributed by atoms with van der Waals surface area (Å²) in [5.41, 5.74) is 2.46. The summed E-state index contributed by atoms with van der Waals surface area (Å²) in [6.45, 7) is 4.89. The van der Waals surface area contributed by atoms with Crippen LogP contribution in [0.2, 0.25) is 5.02 Å². The van der Waals surface area contributed by atoms with Crippen LogP contribution in [0.5, 0.6) is 0 Å². The highest BCUT2D eigenvalue weighted by Gasteiger charge is 2.59. The van der Waals surface area contributed by atoms with Gasteiger partial charge >= 0.3 is 10.2 Å². The molecular weight excluding hydrogens is 500 g/mol. The van der Waals surface area contributed by atoms with Crippen LogP contribution in [0.3, 0.4) is 0 Å². The third-order valence-electron chi connectivity index (χ3n) is 6.92. The van der Waals surface area contributed by atoms with Crippen LogP contribution in [-0.4, -0.2) is 74.8 Å². The van der Waals surface area contributed by atoms with Crippen molar-refractivity contribution in [3.63, 3.8) is 0 Å².